The molecule has 2 aliphatic rings. The van der Waals surface area contributed by atoms with Gasteiger partial charge < -0.3 is 20.1 Å². The van der Waals surface area contributed by atoms with Gasteiger partial charge in [0.1, 0.15) is 6.54 Å². The second-order valence-electron chi connectivity index (χ2n) is 10.7. The minimum Gasteiger partial charge on any atom is -0.480 e. The van der Waals surface area contributed by atoms with Gasteiger partial charge in [-0.15, -0.1) is 0 Å². The van der Waals surface area contributed by atoms with Gasteiger partial charge in [0.25, 0.3) is 0 Å². The summed E-state index contributed by atoms with van der Waals surface area (Å²) < 4.78 is 5.99. The van der Waals surface area contributed by atoms with Crippen LogP contribution in [-0.2, 0) is 28.7 Å². The Kier molecular flexibility index (Phi) is 10.3. The molecule has 13 heteroatoms. The summed E-state index contributed by atoms with van der Waals surface area (Å²) in [6.45, 7) is 4.42. The lowest BCUT2D eigenvalue weighted by Gasteiger charge is -2.31. The molecule has 0 radical (unpaired) electrons. The van der Waals surface area contributed by atoms with Gasteiger partial charge in [-0.3, -0.25) is 29.3 Å². The molecule has 0 saturated heterocycles. The van der Waals surface area contributed by atoms with E-state index in [0.29, 0.717) is 12.1 Å². The molecule has 0 aliphatic heterocycles. The maximum absolute atomic E-state index is 13.8. The van der Waals surface area contributed by atoms with E-state index in [2.05, 4.69) is 26.6 Å². The summed E-state index contributed by atoms with van der Waals surface area (Å²) >= 11 is 15.6. The number of fused-ring (bicyclic) bond motifs is 2. The van der Waals surface area contributed by atoms with E-state index < -0.39 is 48.7 Å². The first-order chi connectivity index (χ1) is 20.3. The fourth-order valence-electron chi connectivity index (χ4n) is 5.78. The zero-order valence-electron chi connectivity index (χ0n) is 23.6. The third-order valence-electron chi connectivity index (χ3n) is 7.70. The molecule has 2 amide bonds. The summed E-state index contributed by atoms with van der Waals surface area (Å²) in [5.74, 6) is -6.65. The highest BCUT2D eigenvalue weighted by atomic mass is 79.9. The van der Waals surface area contributed by atoms with E-state index in [-0.39, 0.29) is 40.0 Å². The molecule has 10 nitrogen and oxygen atoms in total. The molecule has 1 saturated carbocycles. The minimum absolute atomic E-state index is 0.134. The molecule has 2 aromatic carbocycles. The molecule has 2 aliphatic carbocycles. The monoisotopic (exact) mass is 693 g/mol. The van der Waals surface area contributed by atoms with Gasteiger partial charge in [-0.05, 0) is 73.9 Å². The van der Waals surface area contributed by atoms with Crippen molar-refractivity contribution in [3.05, 3.63) is 67.6 Å². The number of amides is 2. The summed E-state index contributed by atoms with van der Waals surface area (Å²) in [7, 11) is 0. The van der Waals surface area contributed by atoms with Gasteiger partial charge in [-0.25, -0.2) is 0 Å². The van der Waals surface area contributed by atoms with Crippen LogP contribution in [0.4, 0.5) is 11.4 Å². The lowest BCUT2D eigenvalue weighted by atomic mass is 9.82. The number of carbonyl (C=O) groups is 5. The Hall–Kier alpha value is -3.25. The SMILES string of the molecule is Cc1cc(C)c(NC(=O)CNCC(=O)OC(=O)C2C3C=CC(C3)C2C(=O)N(CC(=O)O)c2ccc(Cl)c(Cl)c2)c(C)c1Br. The van der Waals surface area contributed by atoms with Crippen LogP contribution in [0, 0.1) is 44.4 Å². The molecule has 0 heterocycles. The summed E-state index contributed by atoms with van der Waals surface area (Å²) in [6, 6.07) is 6.24. The first-order valence-electron chi connectivity index (χ1n) is 13.5. The number of allylic oxidation sites excluding steroid dienone is 2. The predicted molar refractivity (Wildman–Crippen MR) is 165 cm³/mol. The zero-order chi connectivity index (χ0) is 31.6. The first-order valence-corrected chi connectivity index (χ1v) is 15.0. The van der Waals surface area contributed by atoms with Crippen molar-refractivity contribution in [2.75, 3.05) is 29.9 Å². The Bertz CT molecular complexity index is 1530. The van der Waals surface area contributed by atoms with Gasteiger partial charge in [0.15, 0.2) is 0 Å². The lowest BCUT2D eigenvalue weighted by Crippen LogP contribution is -2.46. The number of aryl methyl sites for hydroxylation is 2. The Balaban J connectivity index is 1.38. The number of rotatable bonds is 10. The van der Waals surface area contributed by atoms with Gasteiger partial charge in [0, 0.05) is 15.8 Å². The number of nitrogens with zero attached hydrogens (tertiary/aromatic N) is 1. The number of benzene rings is 2. The van der Waals surface area contributed by atoms with E-state index in [9.17, 15) is 29.1 Å². The molecular weight excluding hydrogens is 665 g/mol. The van der Waals surface area contributed by atoms with Gasteiger partial charge in [-0.2, -0.15) is 0 Å². The maximum atomic E-state index is 13.8. The van der Waals surface area contributed by atoms with Crippen LogP contribution in [0.25, 0.3) is 0 Å². The van der Waals surface area contributed by atoms with Crippen LogP contribution in [0.15, 0.2) is 40.9 Å². The molecule has 4 atom stereocenters. The smallest absolute Gasteiger partial charge is 0.327 e. The third-order valence-corrected chi connectivity index (χ3v) is 9.66. The lowest BCUT2D eigenvalue weighted by molar-refractivity contribution is -0.164. The van der Waals surface area contributed by atoms with Crippen LogP contribution in [0.5, 0.6) is 0 Å². The van der Waals surface area contributed by atoms with Crippen LogP contribution in [0.1, 0.15) is 23.1 Å². The van der Waals surface area contributed by atoms with Gasteiger partial charge in [-0.1, -0.05) is 57.4 Å². The number of carboxylic acid groups (broad SMARTS) is 1. The second kappa shape index (κ2) is 13.6. The molecule has 3 N–H and O–H groups in total. The molecule has 2 bridgehead atoms. The fourth-order valence-corrected chi connectivity index (χ4v) is 6.38. The third kappa shape index (κ3) is 7.29. The number of nitrogens with one attached hydrogen (secondary N) is 2. The highest BCUT2D eigenvalue weighted by Gasteiger charge is 2.54. The average Bonchev–Trinajstić information content (AvgIpc) is 3.56. The fraction of sp³-hybridized carbons (Fsp3) is 0.367. The number of ether oxygens (including phenoxy) is 1. The number of hydrogen-bond acceptors (Lipinski definition) is 7. The average molecular weight is 695 g/mol. The summed E-state index contributed by atoms with van der Waals surface area (Å²) in [6.07, 6.45) is 4.11. The molecule has 228 valence electrons. The molecule has 0 spiro atoms. The Labute approximate surface area is 266 Å². The van der Waals surface area contributed by atoms with E-state index in [4.69, 9.17) is 27.9 Å². The zero-order valence-corrected chi connectivity index (χ0v) is 26.7. The Morgan fingerprint density at radius 2 is 1.65 bits per heavy atom. The van der Waals surface area contributed by atoms with E-state index >= 15 is 0 Å². The van der Waals surface area contributed by atoms with Gasteiger partial charge >= 0.3 is 17.9 Å². The standard InChI is InChI=1S/C30H30BrCl2N3O7/c1-14-8-15(2)28(16(3)27(14)31)35-22(37)11-34-12-24(40)43-30(42)26-18-5-4-17(9-18)25(26)29(41)36(13-23(38)39)19-6-7-20(32)21(33)10-19/h4-8,10,17-18,25-26,34H,9,11-13H2,1-3H3,(H,35,37)(H,38,39). The molecule has 4 unspecified atom stereocenters. The van der Waals surface area contributed by atoms with Crippen molar-refractivity contribution in [2.24, 2.45) is 23.7 Å². The second-order valence-corrected chi connectivity index (χ2v) is 12.3. The number of aliphatic carboxylic acids is 1. The van der Waals surface area contributed by atoms with E-state index in [1.54, 1.807) is 0 Å². The largest absolute Gasteiger partial charge is 0.480 e. The highest BCUT2D eigenvalue weighted by molar-refractivity contribution is 9.10. The Morgan fingerprint density at radius 3 is 2.30 bits per heavy atom. The van der Waals surface area contributed by atoms with Crippen molar-refractivity contribution in [1.29, 1.82) is 0 Å². The van der Waals surface area contributed by atoms with Crippen molar-refractivity contribution >= 4 is 80.2 Å². The van der Waals surface area contributed by atoms with E-state index in [1.165, 1.54) is 18.2 Å². The molecule has 43 heavy (non-hydrogen) atoms. The van der Waals surface area contributed by atoms with Crippen LogP contribution < -0.4 is 15.5 Å². The van der Waals surface area contributed by atoms with Crippen molar-refractivity contribution in [2.45, 2.75) is 27.2 Å². The number of halogens is 3. The van der Waals surface area contributed by atoms with Crippen LogP contribution in [-0.4, -0.2) is 54.5 Å². The molecule has 4 rings (SSSR count). The molecule has 2 aromatic rings. The summed E-state index contributed by atoms with van der Waals surface area (Å²) in [5, 5.41) is 15.4. The minimum atomic E-state index is -1.26. The van der Waals surface area contributed by atoms with Crippen LogP contribution in [0.2, 0.25) is 10.0 Å². The van der Waals surface area contributed by atoms with Crippen molar-refractivity contribution in [3.63, 3.8) is 0 Å². The number of hydrogen-bond donors (Lipinski definition) is 3. The van der Waals surface area contributed by atoms with E-state index in [0.717, 1.165) is 26.1 Å². The first kappa shape index (κ1) is 32.7. The number of esters is 2. The number of carboxylic acids is 1. The molecule has 0 aromatic heterocycles. The number of carbonyl (C=O) groups excluding carboxylic acids is 4. The quantitative estimate of drug-likeness (QED) is 0.182. The number of anilines is 2. The van der Waals surface area contributed by atoms with Crippen LogP contribution in [0.3, 0.4) is 0 Å². The highest BCUT2D eigenvalue weighted by Crippen LogP contribution is 2.49. The maximum Gasteiger partial charge on any atom is 0.327 e. The van der Waals surface area contributed by atoms with Gasteiger partial charge in [0.2, 0.25) is 11.8 Å². The summed E-state index contributed by atoms with van der Waals surface area (Å²) in [4.78, 5) is 64.7. The summed E-state index contributed by atoms with van der Waals surface area (Å²) in [5.41, 5.74) is 3.68. The van der Waals surface area contributed by atoms with Crippen LogP contribution >= 0.6 is 39.1 Å². The van der Waals surface area contributed by atoms with Gasteiger partial charge in [0.05, 0.1) is 35.0 Å². The van der Waals surface area contributed by atoms with Crippen molar-refractivity contribution < 1.29 is 33.8 Å². The Morgan fingerprint density at radius 1 is 0.977 bits per heavy atom. The van der Waals surface area contributed by atoms with E-state index in [1.807, 2.05) is 39.0 Å². The predicted octanol–water partition coefficient (Wildman–Crippen LogP) is 4.84. The van der Waals surface area contributed by atoms with Crippen molar-refractivity contribution in [1.82, 2.24) is 5.32 Å². The van der Waals surface area contributed by atoms with Crippen molar-refractivity contribution in [3.8, 4) is 0 Å². The molecular formula is C30H30BrCl2N3O7. The topological polar surface area (TPSA) is 142 Å². The normalized spacial score (nSPS) is 20.1. The molecule has 1 fully saturated rings.